The van der Waals surface area contributed by atoms with Crippen LogP contribution in [0.3, 0.4) is 0 Å². The van der Waals surface area contributed by atoms with Gasteiger partial charge in [-0.3, -0.25) is 9.59 Å². The molecule has 210 valence electrons. The van der Waals surface area contributed by atoms with Gasteiger partial charge in [0, 0.05) is 18.5 Å². The molecule has 2 atom stereocenters. The highest BCUT2D eigenvalue weighted by molar-refractivity contribution is 6.46. The summed E-state index contributed by atoms with van der Waals surface area (Å²) in [5.74, 6) is 0.607. The second kappa shape index (κ2) is 12.7. The number of hydrogen-bond acceptors (Lipinski definition) is 6. The summed E-state index contributed by atoms with van der Waals surface area (Å²) >= 11 is 0. The third-order valence-corrected chi connectivity index (χ3v) is 7.61. The highest BCUT2D eigenvalue weighted by atomic mass is 16.5. The van der Waals surface area contributed by atoms with Crippen LogP contribution in [0.2, 0.25) is 0 Å². The van der Waals surface area contributed by atoms with Crippen molar-refractivity contribution in [3.8, 4) is 11.5 Å². The van der Waals surface area contributed by atoms with Gasteiger partial charge >= 0.3 is 0 Å². The Kier molecular flexibility index (Phi) is 9.33. The number of Topliss-reactive ketones (excluding diaryl/α,β-unsaturated/α-hetero) is 1. The van der Waals surface area contributed by atoms with Crippen molar-refractivity contribution in [3.63, 3.8) is 0 Å². The Hall–Kier alpha value is -3.32. The summed E-state index contributed by atoms with van der Waals surface area (Å²) in [5, 5.41) is 11.5. The molecule has 1 amide bonds. The van der Waals surface area contributed by atoms with Crippen LogP contribution in [0, 0.1) is 5.92 Å². The Morgan fingerprint density at radius 3 is 2.64 bits per heavy atom. The fourth-order valence-electron chi connectivity index (χ4n) is 5.37. The third kappa shape index (κ3) is 6.47. The van der Waals surface area contributed by atoms with Gasteiger partial charge in [0.1, 0.15) is 23.4 Å². The number of likely N-dealkylation sites (tertiary alicyclic amines) is 1. The molecule has 0 bridgehead atoms. The van der Waals surface area contributed by atoms with Gasteiger partial charge in [0.15, 0.2) is 0 Å². The Labute approximate surface area is 232 Å². The lowest BCUT2D eigenvalue weighted by Crippen LogP contribution is -2.33. The predicted molar refractivity (Wildman–Crippen MR) is 153 cm³/mol. The van der Waals surface area contributed by atoms with E-state index in [1.807, 2.05) is 43.3 Å². The average Bonchev–Trinajstić information content (AvgIpc) is 3.41. The van der Waals surface area contributed by atoms with Crippen molar-refractivity contribution >= 4 is 17.4 Å². The molecule has 2 aliphatic rings. The summed E-state index contributed by atoms with van der Waals surface area (Å²) in [6, 6.07) is 12.3. The first-order valence-corrected chi connectivity index (χ1v) is 14.3. The number of ketones is 1. The lowest BCUT2D eigenvalue weighted by molar-refractivity contribution is -0.140. The topological polar surface area (TPSA) is 79.3 Å². The van der Waals surface area contributed by atoms with Crippen molar-refractivity contribution in [2.75, 3.05) is 32.8 Å². The number of aliphatic hydroxyl groups excluding tert-OH is 1. The van der Waals surface area contributed by atoms with E-state index >= 15 is 0 Å². The molecule has 7 nitrogen and oxygen atoms in total. The standard InChI is InChI=1S/C32H42N2O5/c1-6-33(7-2)15-9-16-34-29(23-10-8-11-26(20-23)38-17-14-21(3)4)28(31(36)32(34)37)30(35)24-12-13-27-25(19-24)18-22(5)39-27/h8,10-13,19-22,29,35H,6-7,9,14-18H2,1-5H3/b30-28+. The molecule has 1 N–H and O–H groups in total. The summed E-state index contributed by atoms with van der Waals surface area (Å²) in [6.45, 7) is 14.2. The molecule has 0 spiro atoms. The van der Waals surface area contributed by atoms with Crippen molar-refractivity contribution in [1.29, 1.82) is 0 Å². The molecular weight excluding hydrogens is 492 g/mol. The summed E-state index contributed by atoms with van der Waals surface area (Å²) in [7, 11) is 0. The van der Waals surface area contributed by atoms with E-state index in [0.717, 1.165) is 55.8 Å². The molecule has 2 unspecified atom stereocenters. The van der Waals surface area contributed by atoms with E-state index in [-0.39, 0.29) is 17.4 Å². The summed E-state index contributed by atoms with van der Waals surface area (Å²) in [6.07, 6.45) is 2.45. The van der Waals surface area contributed by atoms with Crippen molar-refractivity contribution < 1.29 is 24.2 Å². The van der Waals surface area contributed by atoms with Gasteiger partial charge in [-0.2, -0.15) is 0 Å². The van der Waals surface area contributed by atoms with Gasteiger partial charge in [-0.05, 0) is 86.8 Å². The van der Waals surface area contributed by atoms with Gasteiger partial charge < -0.3 is 24.4 Å². The number of benzene rings is 2. The third-order valence-electron chi connectivity index (χ3n) is 7.61. The molecule has 0 aliphatic carbocycles. The molecule has 1 saturated heterocycles. The average molecular weight is 535 g/mol. The van der Waals surface area contributed by atoms with Gasteiger partial charge in [-0.25, -0.2) is 0 Å². The first-order chi connectivity index (χ1) is 18.7. The van der Waals surface area contributed by atoms with E-state index in [1.54, 1.807) is 11.0 Å². The van der Waals surface area contributed by atoms with Crippen molar-refractivity contribution in [2.45, 2.75) is 66.0 Å². The lowest BCUT2D eigenvalue weighted by atomic mass is 9.94. The Morgan fingerprint density at radius 2 is 1.92 bits per heavy atom. The number of amides is 1. The number of aliphatic hydroxyl groups is 1. The number of carbonyl (C=O) groups excluding carboxylic acids is 2. The Bertz CT molecular complexity index is 1220. The smallest absolute Gasteiger partial charge is 0.295 e. The predicted octanol–water partition coefficient (Wildman–Crippen LogP) is 5.59. The highest BCUT2D eigenvalue weighted by Crippen LogP contribution is 2.41. The maximum atomic E-state index is 13.5. The Morgan fingerprint density at radius 1 is 1.15 bits per heavy atom. The number of carbonyl (C=O) groups is 2. The number of hydrogen-bond donors (Lipinski definition) is 1. The second-order valence-corrected chi connectivity index (χ2v) is 10.9. The van der Waals surface area contributed by atoms with Crippen LogP contribution in [0.1, 0.15) is 70.2 Å². The zero-order valence-electron chi connectivity index (χ0n) is 23.9. The number of nitrogens with zero attached hydrogens (tertiary/aromatic N) is 2. The maximum absolute atomic E-state index is 13.5. The first kappa shape index (κ1) is 28.7. The quantitative estimate of drug-likeness (QED) is 0.217. The first-order valence-electron chi connectivity index (χ1n) is 14.3. The van der Waals surface area contributed by atoms with Crippen LogP contribution in [-0.4, -0.2) is 65.5 Å². The van der Waals surface area contributed by atoms with Crippen LogP contribution in [0.4, 0.5) is 0 Å². The molecule has 2 aromatic rings. The molecule has 2 heterocycles. The van der Waals surface area contributed by atoms with Crippen molar-refractivity contribution in [1.82, 2.24) is 9.80 Å². The lowest BCUT2D eigenvalue weighted by Gasteiger charge is -2.27. The zero-order valence-corrected chi connectivity index (χ0v) is 23.9. The van der Waals surface area contributed by atoms with Crippen LogP contribution in [0.25, 0.3) is 5.76 Å². The zero-order chi connectivity index (χ0) is 28.1. The van der Waals surface area contributed by atoms with E-state index < -0.39 is 17.7 Å². The maximum Gasteiger partial charge on any atom is 0.295 e. The normalized spacial score (nSPS) is 20.1. The molecular formula is C32H42N2O5. The second-order valence-electron chi connectivity index (χ2n) is 10.9. The molecule has 2 aliphatic heterocycles. The van der Waals surface area contributed by atoms with Crippen LogP contribution in [0.5, 0.6) is 11.5 Å². The van der Waals surface area contributed by atoms with Crippen LogP contribution in [0.15, 0.2) is 48.0 Å². The van der Waals surface area contributed by atoms with Gasteiger partial charge in [-0.15, -0.1) is 0 Å². The van der Waals surface area contributed by atoms with Gasteiger partial charge in [0.25, 0.3) is 11.7 Å². The monoisotopic (exact) mass is 534 g/mol. The van der Waals surface area contributed by atoms with Gasteiger partial charge in [-0.1, -0.05) is 39.8 Å². The van der Waals surface area contributed by atoms with Crippen LogP contribution >= 0.6 is 0 Å². The Balaban J connectivity index is 1.71. The number of rotatable bonds is 12. The number of fused-ring (bicyclic) bond motifs is 1. The van der Waals surface area contributed by atoms with Gasteiger partial charge in [0.2, 0.25) is 0 Å². The fraction of sp³-hybridized carbons (Fsp3) is 0.500. The summed E-state index contributed by atoms with van der Waals surface area (Å²) in [4.78, 5) is 30.8. The van der Waals surface area contributed by atoms with Crippen molar-refractivity contribution in [2.24, 2.45) is 5.92 Å². The molecule has 7 heteroatoms. The molecule has 39 heavy (non-hydrogen) atoms. The fourth-order valence-corrected chi connectivity index (χ4v) is 5.37. The van der Waals surface area contributed by atoms with E-state index in [1.165, 1.54) is 0 Å². The molecule has 0 radical (unpaired) electrons. The summed E-state index contributed by atoms with van der Waals surface area (Å²) in [5.41, 5.74) is 2.37. The largest absolute Gasteiger partial charge is 0.507 e. The van der Waals surface area contributed by atoms with Gasteiger partial charge in [0.05, 0.1) is 18.2 Å². The van der Waals surface area contributed by atoms with Crippen LogP contribution in [-0.2, 0) is 16.0 Å². The molecule has 1 fully saturated rings. The van der Waals surface area contributed by atoms with E-state index in [9.17, 15) is 14.7 Å². The molecule has 2 aromatic carbocycles. The minimum absolute atomic E-state index is 0.0622. The summed E-state index contributed by atoms with van der Waals surface area (Å²) < 4.78 is 11.8. The van der Waals surface area contributed by atoms with E-state index in [0.29, 0.717) is 30.4 Å². The van der Waals surface area contributed by atoms with E-state index in [2.05, 4.69) is 32.6 Å². The van der Waals surface area contributed by atoms with Crippen LogP contribution < -0.4 is 9.47 Å². The molecule has 0 aromatic heterocycles. The SMILES string of the molecule is CCN(CC)CCCN1C(=O)C(=O)/C(=C(/O)c2ccc3c(c2)CC(C)O3)C1c1cccc(OCCC(C)C)c1. The minimum Gasteiger partial charge on any atom is -0.507 e. The molecule has 0 saturated carbocycles. The molecule has 4 rings (SSSR count). The van der Waals surface area contributed by atoms with E-state index in [4.69, 9.17) is 9.47 Å². The minimum atomic E-state index is -0.696. The highest BCUT2D eigenvalue weighted by Gasteiger charge is 2.46. The van der Waals surface area contributed by atoms with Crippen molar-refractivity contribution in [3.05, 3.63) is 64.7 Å². The number of ether oxygens (including phenoxy) is 2.